The maximum atomic E-state index is 12.2. The lowest BCUT2D eigenvalue weighted by atomic mass is 10.0. The molecule has 6 heteroatoms. The van der Waals surface area contributed by atoms with Crippen molar-refractivity contribution in [2.24, 2.45) is 0 Å². The second-order valence-electron chi connectivity index (χ2n) is 7.85. The van der Waals surface area contributed by atoms with E-state index in [1.807, 2.05) is 54.6 Å². The summed E-state index contributed by atoms with van der Waals surface area (Å²) in [5, 5.41) is 13.6. The van der Waals surface area contributed by atoms with E-state index < -0.39 is 0 Å². The number of carbonyl (C=O) groups is 1. The number of anilines is 2. The molecule has 0 saturated heterocycles. The molecule has 3 N–H and O–H groups in total. The number of benzene rings is 4. The quantitative estimate of drug-likeness (QED) is 0.257. The van der Waals surface area contributed by atoms with Crippen LogP contribution in [-0.4, -0.2) is 16.1 Å². The molecule has 1 heterocycles. The Hall–Kier alpha value is -4.71. The third kappa shape index (κ3) is 4.71. The summed E-state index contributed by atoms with van der Waals surface area (Å²) in [5.41, 5.74) is 9.79. The third-order valence-electron chi connectivity index (χ3n) is 5.49. The first-order valence-electron chi connectivity index (χ1n) is 10.9. The molecule has 0 spiro atoms. The standard InChI is InChI=1S/C28H22N4O2/c29-24-10-3-4-11-25(24)30-26(33)17-14-19-12-15-21(16-13-19)28-32-31-27(34-28)18-22-8-5-7-20-6-1-2-9-23(20)22/h1-17H,18,29H2,(H,30,33)/b17-14+. The maximum absolute atomic E-state index is 12.2. The van der Waals surface area contributed by atoms with Crippen LogP contribution >= 0.6 is 0 Å². The number of aromatic nitrogens is 2. The minimum absolute atomic E-state index is 0.253. The number of amides is 1. The van der Waals surface area contributed by atoms with Crippen LogP contribution in [0.5, 0.6) is 0 Å². The molecule has 166 valence electrons. The van der Waals surface area contributed by atoms with Gasteiger partial charge in [-0.2, -0.15) is 0 Å². The lowest BCUT2D eigenvalue weighted by Gasteiger charge is -2.05. The minimum Gasteiger partial charge on any atom is -0.420 e. The molecule has 0 aliphatic carbocycles. The number of nitrogen functional groups attached to an aromatic ring is 1. The SMILES string of the molecule is Nc1ccccc1NC(=O)/C=C/c1ccc(-c2nnc(Cc3cccc4ccccc34)o2)cc1. The van der Waals surface area contributed by atoms with Crippen LogP contribution in [-0.2, 0) is 11.2 Å². The largest absolute Gasteiger partial charge is 0.420 e. The van der Waals surface area contributed by atoms with Crippen molar-refractivity contribution in [3.63, 3.8) is 0 Å². The van der Waals surface area contributed by atoms with Gasteiger partial charge in [-0.1, -0.05) is 66.7 Å². The van der Waals surface area contributed by atoms with Crippen LogP contribution in [0.25, 0.3) is 28.3 Å². The first-order chi connectivity index (χ1) is 16.7. The van der Waals surface area contributed by atoms with Gasteiger partial charge in [-0.05, 0) is 52.2 Å². The summed E-state index contributed by atoms with van der Waals surface area (Å²) in [6.07, 6.45) is 3.77. The van der Waals surface area contributed by atoms with Crippen molar-refractivity contribution in [1.29, 1.82) is 0 Å². The highest BCUT2D eigenvalue weighted by Gasteiger charge is 2.11. The molecule has 5 rings (SSSR count). The molecule has 0 fully saturated rings. The molecule has 0 aliphatic rings. The first-order valence-corrected chi connectivity index (χ1v) is 10.9. The third-order valence-corrected chi connectivity index (χ3v) is 5.49. The van der Waals surface area contributed by atoms with Crippen LogP contribution in [0.4, 0.5) is 11.4 Å². The number of para-hydroxylation sites is 2. The van der Waals surface area contributed by atoms with E-state index in [0.717, 1.165) is 16.7 Å². The van der Waals surface area contributed by atoms with Gasteiger partial charge in [0, 0.05) is 11.6 Å². The molecule has 0 atom stereocenters. The molecule has 0 unspecified atom stereocenters. The van der Waals surface area contributed by atoms with Crippen molar-refractivity contribution in [2.75, 3.05) is 11.1 Å². The zero-order valence-corrected chi connectivity index (χ0v) is 18.3. The van der Waals surface area contributed by atoms with Crippen molar-refractivity contribution < 1.29 is 9.21 Å². The Morgan fingerprint density at radius 2 is 1.65 bits per heavy atom. The van der Waals surface area contributed by atoms with E-state index in [0.29, 0.717) is 29.6 Å². The van der Waals surface area contributed by atoms with Gasteiger partial charge in [0.15, 0.2) is 0 Å². The molecule has 0 aliphatic heterocycles. The Morgan fingerprint density at radius 1 is 0.882 bits per heavy atom. The topological polar surface area (TPSA) is 94.0 Å². The number of hydrogen-bond acceptors (Lipinski definition) is 5. The van der Waals surface area contributed by atoms with Crippen molar-refractivity contribution in [2.45, 2.75) is 6.42 Å². The summed E-state index contributed by atoms with van der Waals surface area (Å²) < 4.78 is 5.92. The second kappa shape index (κ2) is 9.42. The Labute approximate surface area is 196 Å². The molecular formula is C28H22N4O2. The number of hydrogen-bond donors (Lipinski definition) is 2. The van der Waals surface area contributed by atoms with E-state index in [1.54, 1.807) is 18.2 Å². The maximum Gasteiger partial charge on any atom is 0.248 e. The zero-order valence-electron chi connectivity index (χ0n) is 18.3. The lowest BCUT2D eigenvalue weighted by molar-refractivity contribution is -0.111. The van der Waals surface area contributed by atoms with Gasteiger partial charge in [-0.3, -0.25) is 4.79 Å². The van der Waals surface area contributed by atoms with Gasteiger partial charge in [-0.15, -0.1) is 10.2 Å². The number of fused-ring (bicyclic) bond motifs is 1. The summed E-state index contributed by atoms with van der Waals surface area (Å²) in [7, 11) is 0. The number of nitrogens with two attached hydrogens (primary N) is 1. The smallest absolute Gasteiger partial charge is 0.248 e. The van der Waals surface area contributed by atoms with Gasteiger partial charge in [0.1, 0.15) is 0 Å². The van der Waals surface area contributed by atoms with E-state index in [4.69, 9.17) is 10.2 Å². The van der Waals surface area contributed by atoms with E-state index in [1.165, 1.54) is 16.8 Å². The molecule has 0 bridgehead atoms. The van der Waals surface area contributed by atoms with E-state index in [-0.39, 0.29) is 5.91 Å². The Balaban J connectivity index is 1.26. The Morgan fingerprint density at radius 3 is 2.50 bits per heavy atom. The van der Waals surface area contributed by atoms with Crippen LogP contribution in [0.2, 0.25) is 0 Å². The van der Waals surface area contributed by atoms with E-state index in [9.17, 15) is 4.79 Å². The first kappa shape index (κ1) is 21.2. The average molecular weight is 447 g/mol. The predicted molar refractivity (Wildman–Crippen MR) is 135 cm³/mol. The van der Waals surface area contributed by atoms with Crippen LogP contribution in [0.15, 0.2) is 101 Å². The number of carbonyl (C=O) groups excluding carboxylic acids is 1. The van der Waals surface area contributed by atoms with Crippen LogP contribution in [0.1, 0.15) is 17.0 Å². The fraction of sp³-hybridized carbons (Fsp3) is 0.0357. The van der Waals surface area contributed by atoms with Gasteiger partial charge in [0.05, 0.1) is 17.8 Å². The Kier molecular flexibility index (Phi) is 5.86. The van der Waals surface area contributed by atoms with Crippen LogP contribution in [0.3, 0.4) is 0 Å². The number of nitrogens with zero attached hydrogens (tertiary/aromatic N) is 2. The van der Waals surface area contributed by atoms with Crippen molar-refractivity contribution in [3.8, 4) is 11.5 Å². The minimum atomic E-state index is -0.253. The Bertz CT molecular complexity index is 1480. The lowest BCUT2D eigenvalue weighted by Crippen LogP contribution is -2.09. The van der Waals surface area contributed by atoms with Gasteiger partial charge >= 0.3 is 0 Å². The molecule has 1 aromatic heterocycles. The zero-order chi connectivity index (χ0) is 23.3. The van der Waals surface area contributed by atoms with Crippen LogP contribution in [0, 0.1) is 0 Å². The fourth-order valence-electron chi connectivity index (χ4n) is 3.75. The average Bonchev–Trinajstić information content (AvgIpc) is 3.33. The summed E-state index contributed by atoms with van der Waals surface area (Å²) in [4.78, 5) is 12.2. The van der Waals surface area contributed by atoms with E-state index in [2.05, 4.69) is 39.8 Å². The highest BCUT2D eigenvalue weighted by molar-refractivity contribution is 6.03. The summed E-state index contributed by atoms with van der Waals surface area (Å²) in [5.74, 6) is 0.771. The molecule has 5 aromatic rings. The summed E-state index contributed by atoms with van der Waals surface area (Å²) in [6, 6.07) is 29.2. The molecule has 34 heavy (non-hydrogen) atoms. The second-order valence-corrected chi connectivity index (χ2v) is 7.85. The number of rotatable bonds is 6. The monoisotopic (exact) mass is 446 g/mol. The van der Waals surface area contributed by atoms with Crippen molar-refractivity contribution in [1.82, 2.24) is 10.2 Å². The summed E-state index contributed by atoms with van der Waals surface area (Å²) in [6.45, 7) is 0. The van der Waals surface area contributed by atoms with Gasteiger partial charge in [0.2, 0.25) is 17.7 Å². The molecule has 6 nitrogen and oxygen atoms in total. The van der Waals surface area contributed by atoms with Gasteiger partial charge in [0.25, 0.3) is 0 Å². The van der Waals surface area contributed by atoms with Gasteiger partial charge in [-0.25, -0.2) is 0 Å². The van der Waals surface area contributed by atoms with Crippen molar-refractivity contribution >= 4 is 34.1 Å². The molecule has 4 aromatic carbocycles. The van der Waals surface area contributed by atoms with Crippen molar-refractivity contribution in [3.05, 3.63) is 114 Å². The normalized spacial score (nSPS) is 11.2. The van der Waals surface area contributed by atoms with Gasteiger partial charge < -0.3 is 15.5 Å². The predicted octanol–water partition coefficient (Wildman–Crippen LogP) is 5.71. The summed E-state index contributed by atoms with van der Waals surface area (Å²) >= 11 is 0. The van der Waals surface area contributed by atoms with E-state index >= 15 is 0 Å². The highest BCUT2D eigenvalue weighted by atomic mass is 16.4. The molecule has 1 amide bonds. The fourth-order valence-corrected chi connectivity index (χ4v) is 3.75. The molecule has 0 radical (unpaired) electrons. The van der Waals surface area contributed by atoms with Crippen LogP contribution < -0.4 is 11.1 Å². The molecular weight excluding hydrogens is 424 g/mol. The number of nitrogens with one attached hydrogen (secondary N) is 1. The highest BCUT2D eigenvalue weighted by Crippen LogP contribution is 2.24. The molecule has 0 saturated carbocycles.